The molecular weight excluding hydrogens is 246 g/mol. The van der Waals surface area contributed by atoms with Gasteiger partial charge in [-0.3, -0.25) is 4.79 Å². The van der Waals surface area contributed by atoms with Crippen molar-refractivity contribution in [2.24, 2.45) is 5.16 Å². The van der Waals surface area contributed by atoms with Crippen LogP contribution in [-0.2, 0) is 16.1 Å². The molecule has 2 N–H and O–H groups in total. The number of nitrogens with zero attached hydrogens (tertiary/aromatic N) is 1. The van der Waals surface area contributed by atoms with Gasteiger partial charge < -0.3 is 15.1 Å². The number of carbonyl (C=O) groups is 1. The molecule has 1 unspecified atom stereocenters. The molecule has 1 aliphatic rings. The number of carboxylic acids is 1. The fraction of sp³-hybridized carbons (Fsp3) is 0.429. The summed E-state index contributed by atoms with van der Waals surface area (Å²) in [7, 11) is 0. The number of aliphatic hydroxyl groups excluding tert-OH is 1. The second-order valence-electron chi connectivity index (χ2n) is 4.82. The van der Waals surface area contributed by atoms with Crippen molar-refractivity contribution in [2.45, 2.75) is 31.3 Å². The Morgan fingerprint density at radius 2 is 2.11 bits per heavy atom. The third kappa shape index (κ3) is 3.54. The molecule has 0 amide bonds. The van der Waals surface area contributed by atoms with Gasteiger partial charge in [-0.05, 0) is 5.56 Å². The lowest BCUT2D eigenvalue weighted by Gasteiger charge is -2.23. The fourth-order valence-corrected chi connectivity index (χ4v) is 2.16. The summed E-state index contributed by atoms with van der Waals surface area (Å²) in [4.78, 5) is 15.9. The number of hydrogen-bond acceptors (Lipinski definition) is 4. The smallest absolute Gasteiger partial charge is 0.303 e. The summed E-state index contributed by atoms with van der Waals surface area (Å²) in [5, 5.41) is 22.1. The highest BCUT2D eigenvalue weighted by Gasteiger charge is 2.38. The average Bonchev–Trinajstić information content (AvgIpc) is 2.82. The van der Waals surface area contributed by atoms with Gasteiger partial charge >= 0.3 is 5.97 Å². The van der Waals surface area contributed by atoms with E-state index < -0.39 is 11.6 Å². The first-order valence-corrected chi connectivity index (χ1v) is 6.24. The van der Waals surface area contributed by atoms with Gasteiger partial charge in [0.05, 0.1) is 12.3 Å². The maximum Gasteiger partial charge on any atom is 0.303 e. The van der Waals surface area contributed by atoms with Gasteiger partial charge in [0.25, 0.3) is 0 Å². The van der Waals surface area contributed by atoms with E-state index in [2.05, 4.69) is 5.16 Å². The van der Waals surface area contributed by atoms with Crippen molar-refractivity contribution in [3.63, 3.8) is 0 Å². The van der Waals surface area contributed by atoms with Crippen molar-refractivity contribution in [2.75, 3.05) is 6.61 Å². The maximum absolute atomic E-state index is 10.6. The van der Waals surface area contributed by atoms with Crippen LogP contribution in [0.2, 0.25) is 0 Å². The average molecular weight is 263 g/mol. The van der Waals surface area contributed by atoms with E-state index in [0.717, 1.165) is 11.3 Å². The Labute approximate surface area is 111 Å². The molecule has 1 aromatic rings. The van der Waals surface area contributed by atoms with E-state index >= 15 is 0 Å². The van der Waals surface area contributed by atoms with Gasteiger partial charge in [0.1, 0.15) is 0 Å². The minimum Gasteiger partial charge on any atom is -0.481 e. The normalized spacial score (nSPS) is 21.8. The minimum atomic E-state index is -0.895. The van der Waals surface area contributed by atoms with Crippen LogP contribution in [0.15, 0.2) is 35.5 Å². The quantitative estimate of drug-likeness (QED) is 0.817. The summed E-state index contributed by atoms with van der Waals surface area (Å²) in [6.45, 7) is -0.220. The van der Waals surface area contributed by atoms with Crippen LogP contribution in [0.5, 0.6) is 0 Å². The van der Waals surface area contributed by atoms with Gasteiger partial charge in [0.15, 0.2) is 5.60 Å². The lowest BCUT2D eigenvalue weighted by Crippen LogP contribution is -2.34. The van der Waals surface area contributed by atoms with Crippen molar-refractivity contribution in [3.8, 4) is 0 Å². The van der Waals surface area contributed by atoms with Gasteiger partial charge in [-0.15, -0.1) is 0 Å². The summed E-state index contributed by atoms with van der Waals surface area (Å²) >= 11 is 0. The molecular formula is C14H17NO4. The van der Waals surface area contributed by atoms with Crippen LogP contribution in [-0.4, -0.2) is 34.1 Å². The predicted octanol–water partition coefficient (Wildman–Crippen LogP) is 1.60. The zero-order chi connectivity index (χ0) is 13.7. The number of oxime groups is 1. The van der Waals surface area contributed by atoms with E-state index in [0.29, 0.717) is 12.8 Å². The van der Waals surface area contributed by atoms with Crippen molar-refractivity contribution in [1.29, 1.82) is 0 Å². The molecule has 0 aliphatic carbocycles. The van der Waals surface area contributed by atoms with E-state index in [4.69, 9.17) is 9.94 Å². The summed E-state index contributed by atoms with van der Waals surface area (Å²) in [5.74, 6) is -0.895. The number of rotatable bonds is 6. The Hall–Kier alpha value is -1.88. The SMILES string of the molecule is O=C(O)CCC1(CO)CC(Cc2ccccc2)=NO1. The van der Waals surface area contributed by atoms with E-state index in [1.165, 1.54) is 0 Å². The molecule has 2 rings (SSSR count). The summed E-state index contributed by atoms with van der Waals surface area (Å²) in [5.41, 5.74) is 1.10. The second kappa shape index (κ2) is 5.84. The number of hydrogen-bond donors (Lipinski definition) is 2. The molecule has 19 heavy (non-hydrogen) atoms. The first-order valence-electron chi connectivity index (χ1n) is 6.24. The van der Waals surface area contributed by atoms with E-state index in [1.54, 1.807) is 0 Å². The summed E-state index contributed by atoms with van der Waals surface area (Å²) in [6.07, 6.45) is 1.37. The molecule has 1 heterocycles. The number of carboxylic acid groups (broad SMARTS) is 1. The first-order chi connectivity index (χ1) is 9.13. The number of aliphatic hydroxyl groups is 1. The molecule has 0 saturated heterocycles. The van der Waals surface area contributed by atoms with Gasteiger partial charge in [0, 0.05) is 25.7 Å². The standard InChI is InChI=1S/C14H17NO4/c16-10-14(7-6-13(17)18)9-12(15-19-14)8-11-4-2-1-3-5-11/h1-5,16H,6-10H2,(H,17,18). The molecule has 0 saturated carbocycles. The Balaban J connectivity index is 1.94. The third-order valence-electron chi connectivity index (χ3n) is 3.23. The van der Waals surface area contributed by atoms with Crippen LogP contribution >= 0.6 is 0 Å². The zero-order valence-electron chi connectivity index (χ0n) is 10.6. The van der Waals surface area contributed by atoms with Gasteiger partial charge in [-0.25, -0.2) is 0 Å². The predicted molar refractivity (Wildman–Crippen MR) is 70.0 cm³/mol. The topological polar surface area (TPSA) is 79.1 Å². The lowest BCUT2D eigenvalue weighted by molar-refractivity contribution is -0.139. The molecule has 1 aromatic carbocycles. The number of aliphatic carboxylic acids is 1. The van der Waals surface area contributed by atoms with Crippen molar-refractivity contribution in [1.82, 2.24) is 0 Å². The molecule has 1 aliphatic heterocycles. The van der Waals surface area contributed by atoms with Crippen LogP contribution in [0.4, 0.5) is 0 Å². The molecule has 0 aromatic heterocycles. The molecule has 0 bridgehead atoms. The molecule has 5 nitrogen and oxygen atoms in total. The summed E-state index contributed by atoms with van der Waals surface area (Å²) < 4.78 is 0. The highest BCUT2D eigenvalue weighted by atomic mass is 16.7. The Morgan fingerprint density at radius 1 is 1.37 bits per heavy atom. The molecule has 5 heteroatoms. The largest absolute Gasteiger partial charge is 0.481 e. The Morgan fingerprint density at radius 3 is 2.74 bits per heavy atom. The zero-order valence-corrected chi connectivity index (χ0v) is 10.6. The fourth-order valence-electron chi connectivity index (χ4n) is 2.16. The van der Waals surface area contributed by atoms with Crippen LogP contribution < -0.4 is 0 Å². The van der Waals surface area contributed by atoms with E-state index in [1.807, 2.05) is 30.3 Å². The van der Waals surface area contributed by atoms with Crippen LogP contribution in [0.3, 0.4) is 0 Å². The van der Waals surface area contributed by atoms with Crippen molar-refractivity contribution < 1.29 is 19.8 Å². The van der Waals surface area contributed by atoms with Crippen LogP contribution in [0.25, 0.3) is 0 Å². The highest BCUT2D eigenvalue weighted by Crippen LogP contribution is 2.29. The maximum atomic E-state index is 10.6. The molecule has 0 radical (unpaired) electrons. The van der Waals surface area contributed by atoms with Gasteiger partial charge in [0.2, 0.25) is 0 Å². The Bertz CT molecular complexity index is 472. The highest BCUT2D eigenvalue weighted by molar-refractivity contribution is 5.88. The minimum absolute atomic E-state index is 0.0330. The van der Waals surface area contributed by atoms with Gasteiger partial charge in [-0.2, -0.15) is 0 Å². The molecule has 1 atom stereocenters. The second-order valence-corrected chi connectivity index (χ2v) is 4.82. The van der Waals surface area contributed by atoms with Crippen molar-refractivity contribution in [3.05, 3.63) is 35.9 Å². The van der Waals surface area contributed by atoms with E-state index in [-0.39, 0.29) is 19.4 Å². The summed E-state index contributed by atoms with van der Waals surface area (Å²) in [6, 6.07) is 9.85. The van der Waals surface area contributed by atoms with Gasteiger partial charge in [-0.1, -0.05) is 35.5 Å². The monoisotopic (exact) mass is 263 g/mol. The van der Waals surface area contributed by atoms with Crippen LogP contribution in [0.1, 0.15) is 24.8 Å². The lowest BCUT2D eigenvalue weighted by atomic mass is 9.91. The molecule has 0 fully saturated rings. The van der Waals surface area contributed by atoms with Crippen LogP contribution in [0, 0.1) is 0 Å². The molecule has 102 valence electrons. The molecule has 0 spiro atoms. The van der Waals surface area contributed by atoms with Crippen molar-refractivity contribution >= 4 is 11.7 Å². The third-order valence-corrected chi connectivity index (χ3v) is 3.23. The number of benzene rings is 1. The van der Waals surface area contributed by atoms with E-state index in [9.17, 15) is 9.90 Å². The first kappa shape index (κ1) is 13.5. The Kier molecular flexibility index (Phi) is 4.16.